The number of carbonyl (C=O) groups excluding carboxylic acids is 4. The number of carbonyl (C=O) groups is 5. The molecule has 0 aliphatic carbocycles. The summed E-state index contributed by atoms with van der Waals surface area (Å²) in [6.07, 6.45) is -0.559. The molecule has 4 unspecified atom stereocenters. The number of nitrogens with one attached hydrogen (secondary N) is 3. The standard InChI is InChI=1S/C14H25N5O8S/c15-6(3-20)11(23)19-9(5-28)13(25)17-7(1-2-10(16)22)12(24)18-8(4-21)14(26)27/h6-9,20-21,28H,1-5,15H2,(H2,16,22)(H,17,25)(H,18,24)(H,19,23)(H,26,27). The predicted molar refractivity (Wildman–Crippen MR) is 97.9 cm³/mol. The normalized spacial score (nSPS) is 14.9. The van der Waals surface area contributed by atoms with Crippen LogP contribution in [0.25, 0.3) is 0 Å². The minimum atomic E-state index is -1.62. The first-order chi connectivity index (χ1) is 13.1. The van der Waals surface area contributed by atoms with Gasteiger partial charge in [0.15, 0.2) is 0 Å². The third kappa shape index (κ3) is 8.98. The van der Waals surface area contributed by atoms with Gasteiger partial charge in [-0.2, -0.15) is 12.6 Å². The minimum Gasteiger partial charge on any atom is -0.480 e. The second kappa shape index (κ2) is 12.9. The first-order valence-corrected chi connectivity index (χ1v) is 8.70. The average molecular weight is 423 g/mol. The molecule has 0 aliphatic heterocycles. The fourth-order valence-electron chi connectivity index (χ4n) is 1.84. The summed E-state index contributed by atoms with van der Waals surface area (Å²) in [6, 6.07) is -5.50. The summed E-state index contributed by atoms with van der Waals surface area (Å²) in [7, 11) is 0. The molecule has 13 nitrogen and oxygen atoms in total. The second-order valence-electron chi connectivity index (χ2n) is 5.68. The maximum atomic E-state index is 12.3. The Bertz CT molecular complexity index is 590. The van der Waals surface area contributed by atoms with E-state index in [1.165, 1.54) is 0 Å². The molecule has 4 atom stereocenters. The molecule has 160 valence electrons. The van der Waals surface area contributed by atoms with Crippen molar-refractivity contribution >= 4 is 42.2 Å². The van der Waals surface area contributed by atoms with Crippen LogP contribution in [0.3, 0.4) is 0 Å². The number of aliphatic carboxylic acids is 1. The summed E-state index contributed by atoms with van der Waals surface area (Å²) in [4.78, 5) is 58.2. The van der Waals surface area contributed by atoms with Gasteiger partial charge in [-0.3, -0.25) is 19.2 Å². The maximum Gasteiger partial charge on any atom is 0.328 e. The van der Waals surface area contributed by atoms with Crippen molar-refractivity contribution in [1.29, 1.82) is 0 Å². The Kier molecular flexibility index (Phi) is 11.8. The van der Waals surface area contributed by atoms with Crippen LogP contribution in [0, 0.1) is 0 Å². The lowest BCUT2D eigenvalue weighted by molar-refractivity contribution is -0.143. The molecule has 0 saturated heterocycles. The number of nitrogens with two attached hydrogens (primary N) is 2. The number of rotatable bonds is 13. The Hall–Kier alpha value is -2.42. The van der Waals surface area contributed by atoms with E-state index in [0.29, 0.717) is 0 Å². The van der Waals surface area contributed by atoms with Gasteiger partial charge in [0.05, 0.1) is 13.2 Å². The molecule has 0 spiro atoms. The van der Waals surface area contributed by atoms with Crippen molar-refractivity contribution in [1.82, 2.24) is 16.0 Å². The van der Waals surface area contributed by atoms with E-state index < -0.39 is 67.0 Å². The van der Waals surface area contributed by atoms with Crippen molar-refractivity contribution in [3.63, 3.8) is 0 Å². The average Bonchev–Trinajstić information content (AvgIpc) is 2.65. The molecular weight excluding hydrogens is 398 g/mol. The topological polar surface area (TPSA) is 234 Å². The van der Waals surface area contributed by atoms with E-state index in [2.05, 4.69) is 23.3 Å². The van der Waals surface area contributed by atoms with E-state index >= 15 is 0 Å². The quantitative estimate of drug-likeness (QED) is 0.129. The van der Waals surface area contributed by atoms with Gasteiger partial charge in [-0.1, -0.05) is 0 Å². The van der Waals surface area contributed by atoms with E-state index in [4.69, 9.17) is 26.8 Å². The number of thiol groups is 1. The number of hydrogen-bond donors (Lipinski definition) is 9. The van der Waals surface area contributed by atoms with Crippen LogP contribution in [0.1, 0.15) is 12.8 Å². The number of hydrogen-bond acceptors (Lipinski definition) is 9. The Morgan fingerprint density at radius 2 is 1.36 bits per heavy atom. The lowest BCUT2D eigenvalue weighted by Crippen LogP contribution is -2.58. The molecule has 0 heterocycles. The number of primary amides is 1. The van der Waals surface area contributed by atoms with Gasteiger partial charge in [0.1, 0.15) is 24.2 Å². The highest BCUT2D eigenvalue weighted by molar-refractivity contribution is 7.80. The third-order valence-corrected chi connectivity index (χ3v) is 3.82. The van der Waals surface area contributed by atoms with Crippen LogP contribution in [0.2, 0.25) is 0 Å². The second-order valence-corrected chi connectivity index (χ2v) is 6.05. The molecular formula is C14H25N5O8S. The molecule has 0 radical (unpaired) electrons. The highest BCUT2D eigenvalue weighted by atomic mass is 32.1. The van der Waals surface area contributed by atoms with Crippen molar-refractivity contribution < 1.29 is 39.3 Å². The zero-order chi connectivity index (χ0) is 21.9. The van der Waals surface area contributed by atoms with Crippen LogP contribution >= 0.6 is 12.6 Å². The van der Waals surface area contributed by atoms with E-state index in [1.807, 2.05) is 5.32 Å². The van der Waals surface area contributed by atoms with Crippen molar-refractivity contribution in [2.45, 2.75) is 37.0 Å². The third-order valence-electron chi connectivity index (χ3n) is 3.46. The zero-order valence-electron chi connectivity index (χ0n) is 14.8. The van der Waals surface area contributed by atoms with Gasteiger partial charge in [-0.15, -0.1) is 0 Å². The van der Waals surface area contributed by atoms with Gasteiger partial charge in [-0.05, 0) is 6.42 Å². The highest BCUT2D eigenvalue weighted by Gasteiger charge is 2.29. The van der Waals surface area contributed by atoms with Gasteiger partial charge < -0.3 is 42.7 Å². The van der Waals surface area contributed by atoms with Crippen LogP contribution in [0.15, 0.2) is 0 Å². The Morgan fingerprint density at radius 1 is 0.857 bits per heavy atom. The van der Waals surface area contributed by atoms with Crippen LogP contribution < -0.4 is 27.4 Å². The number of aliphatic hydroxyl groups is 2. The Morgan fingerprint density at radius 3 is 1.79 bits per heavy atom. The molecule has 0 aromatic heterocycles. The van der Waals surface area contributed by atoms with Crippen LogP contribution in [-0.2, 0) is 24.0 Å². The lowest BCUT2D eigenvalue weighted by Gasteiger charge is -2.23. The maximum absolute atomic E-state index is 12.3. The molecule has 0 aliphatic rings. The highest BCUT2D eigenvalue weighted by Crippen LogP contribution is 2.01. The fraction of sp³-hybridized carbons (Fsp3) is 0.643. The number of carboxylic acid groups (broad SMARTS) is 1. The van der Waals surface area contributed by atoms with Crippen molar-refractivity contribution in [3.8, 4) is 0 Å². The number of carboxylic acids is 1. The molecule has 4 amide bonds. The molecule has 14 heteroatoms. The first kappa shape index (κ1) is 25.6. The van der Waals surface area contributed by atoms with E-state index in [1.54, 1.807) is 0 Å². The number of aliphatic hydroxyl groups excluding tert-OH is 2. The molecule has 0 rings (SSSR count). The van der Waals surface area contributed by atoms with Gasteiger partial charge in [0, 0.05) is 12.2 Å². The summed E-state index contributed by atoms with van der Waals surface area (Å²) in [5.41, 5.74) is 10.4. The molecule has 0 fully saturated rings. The summed E-state index contributed by atoms with van der Waals surface area (Å²) in [6.45, 7) is -1.56. The smallest absolute Gasteiger partial charge is 0.328 e. The van der Waals surface area contributed by atoms with Gasteiger partial charge >= 0.3 is 5.97 Å². The molecule has 0 saturated carbocycles. The van der Waals surface area contributed by atoms with Crippen molar-refractivity contribution in [3.05, 3.63) is 0 Å². The summed E-state index contributed by atoms with van der Waals surface area (Å²) >= 11 is 3.92. The molecule has 0 bridgehead atoms. The van der Waals surface area contributed by atoms with E-state index in [-0.39, 0.29) is 18.6 Å². The van der Waals surface area contributed by atoms with Gasteiger partial charge in [-0.25, -0.2) is 4.79 Å². The molecule has 0 aromatic rings. The Balaban J connectivity index is 5.20. The molecule has 0 aromatic carbocycles. The minimum absolute atomic E-state index is 0.186. The molecule has 10 N–H and O–H groups in total. The number of amides is 4. The van der Waals surface area contributed by atoms with Crippen LogP contribution in [0.4, 0.5) is 0 Å². The fourth-order valence-corrected chi connectivity index (χ4v) is 2.10. The summed E-state index contributed by atoms with van der Waals surface area (Å²) in [5, 5.41) is 33.2. The monoisotopic (exact) mass is 423 g/mol. The van der Waals surface area contributed by atoms with Gasteiger partial charge in [0.25, 0.3) is 0 Å². The zero-order valence-corrected chi connectivity index (χ0v) is 15.7. The first-order valence-electron chi connectivity index (χ1n) is 8.07. The van der Waals surface area contributed by atoms with E-state index in [0.717, 1.165) is 0 Å². The predicted octanol–water partition coefficient (Wildman–Crippen LogP) is -4.97. The van der Waals surface area contributed by atoms with Crippen molar-refractivity contribution in [2.24, 2.45) is 11.5 Å². The van der Waals surface area contributed by atoms with E-state index in [9.17, 15) is 24.0 Å². The Labute approximate surface area is 165 Å². The lowest BCUT2D eigenvalue weighted by atomic mass is 10.1. The SMILES string of the molecule is NC(=O)CCC(NC(=O)C(CS)NC(=O)C(N)CO)C(=O)NC(CO)C(=O)O. The van der Waals surface area contributed by atoms with Crippen LogP contribution in [0.5, 0.6) is 0 Å². The largest absolute Gasteiger partial charge is 0.480 e. The van der Waals surface area contributed by atoms with Gasteiger partial charge in [0.2, 0.25) is 23.6 Å². The van der Waals surface area contributed by atoms with Crippen LogP contribution in [-0.4, -0.2) is 88.1 Å². The van der Waals surface area contributed by atoms with Crippen molar-refractivity contribution in [2.75, 3.05) is 19.0 Å². The molecule has 28 heavy (non-hydrogen) atoms. The summed E-state index contributed by atoms with van der Waals surface area (Å²) < 4.78 is 0. The summed E-state index contributed by atoms with van der Waals surface area (Å²) in [5.74, 6) is -5.14.